The van der Waals surface area contributed by atoms with Crippen molar-refractivity contribution < 1.29 is 4.74 Å². The van der Waals surface area contributed by atoms with E-state index in [1.807, 2.05) is 24.3 Å². The third kappa shape index (κ3) is 4.99. The average Bonchev–Trinajstić information content (AvgIpc) is 2.89. The lowest BCUT2D eigenvalue weighted by atomic mass is 10.1. The summed E-state index contributed by atoms with van der Waals surface area (Å²) in [7, 11) is 0. The van der Waals surface area contributed by atoms with Gasteiger partial charge in [-0.05, 0) is 65.6 Å². The highest BCUT2D eigenvalue weighted by atomic mass is 79.9. The first-order valence-corrected chi connectivity index (χ1v) is 8.98. The first-order chi connectivity index (χ1) is 10.1. The molecule has 0 amide bonds. The number of nitrogens with one attached hydrogen (secondary N) is 1. The van der Waals surface area contributed by atoms with Gasteiger partial charge in [0, 0.05) is 10.9 Å². The van der Waals surface area contributed by atoms with Gasteiger partial charge in [-0.15, -0.1) is 11.3 Å². The summed E-state index contributed by atoms with van der Waals surface area (Å²) in [6.45, 7) is 5.85. The predicted molar refractivity (Wildman–Crippen MR) is 94.5 cm³/mol. The molecule has 0 bridgehead atoms. The quantitative estimate of drug-likeness (QED) is 0.647. The minimum atomic E-state index is 0.296. The molecule has 0 fully saturated rings. The average molecular weight is 389 g/mol. The molecule has 2 nitrogen and oxygen atoms in total. The molecule has 0 aliphatic rings. The Hall–Kier alpha value is -0.550. The number of rotatable bonds is 7. The maximum atomic E-state index is 6.32. The van der Waals surface area contributed by atoms with Crippen molar-refractivity contribution in [2.24, 2.45) is 0 Å². The van der Waals surface area contributed by atoms with E-state index in [1.54, 1.807) is 11.3 Å². The van der Waals surface area contributed by atoms with Crippen LogP contribution in [0.5, 0.6) is 5.75 Å². The molecule has 0 spiro atoms. The Morgan fingerprint density at radius 1 is 1.33 bits per heavy atom. The van der Waals surface area contributed by atoms with Crippen LogP contribution >= 0.6 is 38.9 Å². The Morgan fingerprint density at radius 2 is 2.14 bits per heavy atom. The summed E-state index contributed by atoms with van der Waals surface area (Å²) in [6, 6.07) is 10.4. The molecular formula is C16H19BrClNOS. The summed E-state index contributed by atoms with van der Waals surface area (Å²) in [4.78, 5) is 1.17. The Morgan fingerprint density at radius 3 is 2.76 bits per heavy atom. The minimum absolute atomic E-state index is 0.296. The van der Waals surface area contributed by atoms with Gasteiger partial charge in [0.1, 0.15) is 12.4 Å². The van der Waals surface area contributed by atoms with E-state index in [9.17, 15) is 0 Å². The lowest BCUT2D eigenvalue weighted by Gasteiger charge is -2.15. The monoisotopic (exact) mass is 387 g/mol. The molecule has 1 unspecified atom stereocenters. The maximum Gasteiger partial charge on any atom is 0.138 e. The van der Waals surface area contributed by atoms with E-state index in [2.05, 4.69) is 41.2 Å². The molecule has 1 heterocycles. The molecule has 1 atom stereocenters. The second kappa shape index (κ2) is 8.18. The van der Waals surface area contributed by atoms with Crippen LogP contribution < -0.4 is 10.1 Å². The number of hydrogen-bond acceptors (Lipinski definition) is 3. The van der Waals surface area contributed by atoms with Crippen molar-refractivity contribution in [1.82, 2.24) is 5.32 Å². The highest BCUT2D eigenvalue weighted by molar-refractivity contribution is 9.11. The number of benzene rings is 1. The van der Waals surface area contributed by atoms with Crippen molar-refractivity contribution in [3.63, 3.8) is 0 Å². The smallest absolute Gasteiger partial charge is 0.138 e. The van der Waals surface area contributed by atoms with Gasteiger partial charge in [0.15, 0.2) is 0 Å². The van der Waals surface area contributed by atoms with E-state index in [0.717, 1.165) is 22.5 Å². The SMILES string of the molecule is CCCNC(C)c1ccc(OCc2ccc(Br)s2)c(Cl)c1. The van der Waals surface area contributed by atoms with Crippen LogP contribution in [0.3, 0.4) is 0 Å². The Labute approximate surface area is 143 Å². The highest BCUT2D eigenvalue weighted by Crippen LogP contribution is 2.30. The summed E-state index contributed by atoms with van der Waals surface area (Å²) < 4.78 is 6.90. The van der Waals surface area contributed by atoms with Crippen LogP contribution in [0.1, 0.15) is 36.8 Å². The van der Waals surface area contributed by atoms with E-state index in [4.69, 9.17) is 16.3 Å². The zero-order valence-corrected chi connectivity index (χ0v) is 15.3. The summed E-state index contributed by atoms with van der Waals surface area (Å²) in [5.41, 5.74) is 1.18. The molecule has 1 N–H and O–H groups in total. The molecule has 5 heteroatoms. The third-order valence-corrected chi connectivity index (χ3v) is 5.05. The van der Waals surface area contributed by atoms with Crippen LogP contribution in [0.4, 0.5) is 0 Å². The van der Waals surface area contributed by atoms with E-state index >= 15 is 0 Å². The van der Waals surface area contributed by atoms with Gasteiger partial charge in [0.2, 0.25) is 0 Å². The van der Waals surface area contributed by atoms with Crippen LogP contribution in [0, 0.1) is 0 Å². The molecule has 1 aromatic heterocycles. The molecular weight excluding hydrogens is 370 g/mol. The number of halogens is 2. The van der Waals surface area contributed by atoms with Gasteiger partial charge in [-0.1, -0.05) is 24.6 Å². The lowest BCUT2D eigenvalue weighted by molar-refractivity contribution is 0.310. The van der Waals surface area contributed by atoms with E-state index in [-0.39, 0.29) is 0 Å². The van der Waals surface area contributed by atoms with Crippen molar-refractivity contribution in [1.29, 1.82) is 0 Å². The minimum Gasteiger partial charge on any atom is -0.487 e. The van der Waals surface area contributed by atoms with Crippen molar-refractivity contribution in [2.75, 3.05) is 6.54 Å². The van der Waals surface area contributed by atoms with Gasteiger partial charge in [-0.2, -0.15) is 0 Å². The van der Waals surface area contributed by atoms with Crippen molar-refractivity contribution >= 4 is 38.9 Å². The molecule has 0 saturated heterocycles. The largest absolute Gasteiger partial charge is 0.487 e. The zero-order chi connectivity index (χ0) is 15.2. The van der Waals surface area contributed by atoms with Crippen LogP contribution in [-0.4, -0.2) is 6.54 Å². The van der Waals surface area contributed by atoms with Gasteiger partial charge in [0.25, 0.3) is 0 Å². The van der Waals surface area contributed by atoms with Crippen LogP contribution in [0.2, 0.25) is 5.02 Å². The Kier molecular flexibility index (Phi) is 6.55. The number of thiophene rings is 1. The summed E-state index contributed by atoms with van der Waals surface area (Å²) >= 11 is 11.4. The number of ether oxygens (including phenoxy) is 1. The van der Waals surface area contributed by atoms with Crippen molar-refractivity contribution in [3.05, 3.63) is 49.6 Å². The zero-order valence-electron chi connectivity index (χ0n) is 12.2. The van der Waals surface area contributed by atoms with Gasteiger partial charge < -0.3 is 10.1 Å². The predicted octanol–water partition coefficient (Wildman–Crippen LogP) is 5.80. The van der Waals surface area contributed by atoms with E-state index in [1.165, 1.54) is 10.4 Å². The summed E-state index contributed by atoms with van der Waals surface area (Å²) in [6.07, 6.45) is 1.12. The van der Waals surface area contributed by atoms with E-state index < -0.39 is 0 Å². The normalized spacial score (nSPS) is 12.4. The molecule has 0 aliphatic carbocycles. The standard InChI is InChI=1S/C16H19BrClNOS/c1-3-8-19-11(2)12-4-6-15(14(18)9-12)20-10-13-5-7-16(17)21-13/h4-7,9,11,19H,3,8,10H2,1-2H3. The topological polar surface area (TPSA) is 21.3 Å². The first kappa shape index (κ1) is 16.8. The fourth-order valence-electron chi connectivity index (χ4n) is 1.96. The Bertz CT molecular complexity index is 587. The molecule has 2 aromatic rings. The van der Waals surface area contributed by atoms with Gasteiger partial charge in [-0.25, -0.2) is 0 Å². The number of hydrogen-bond donors (Lipinski definition) is 1. The highest BCUT2D eigenvalue weighted by Gasteiger charge is 2.09. The lowest BCUT2D eigenvalue weighted by Crippen LogP contribution is -2.19. The summed E-state index contributed by atoms with van der Waals surface area (Å²) in [5, 5.41) is 4.11. The molecule has 114 valence electrons. The fourth-order valence-corrected chi connectivity index (χ4v) is 3.60. The Balaban J connectivity index is 1.98. The first-order valence-electron chi connectivity index (χ1n) is 7.00. The van der Waals surface area contributed by atoms with Gasteiger partial charge in [-0.3, -0.25) is 0 Å². The van der Waals surface area contributed by atoms with Crippen LogP contribution in [-0.2, 0) is 6.61 Å². The second-order valence-corrected chi connectivity index (χ2v) is 7.81. The molecule has 0 aliphatic heterocycles. The van der Waals surface area contributed by atoms with Gasteiger partial charge >= 0.3 is 0 Å². The third-order valence-electron chi connectivity index (χ3n) is 3.16. The molecule has 0 saturated carbocycles. The molecule has 0 radical (unpaired) electrons. The summed E-state index contributed by atoms with van der Waals surface area (Å²) in [5.74, 6) is 0.729. The fraction of sp³-hybridized carbons (Fsp3) is 0.375. The molecule has 2 rings (SSSR count). The van der Waals surface area contributed by atoms with Gasteiger partial charge in [0.05, 0.1) is 8.81 Å². The maximum absolute atomic E-state index is 6.32. The van der Waals surface area contributed by atoms with Crippen molar-refractivity contribution in [3.8, 4) is 5.75 Å². The van der Waals surface area contributed by atoms with Crippen LogP contribution in [0.15, 0.2) is 34.1 Å². The molecule has 21 heavy (non-hydrogen) atoms. The molecule has 1 aromatic carbocycles. The second-order valence-electron chi connectivity index (χ2n) is 4.86. The van der Waals surface area contributed by atoms with Crippen molar-refractivity contribution in [2.45, 2.75) is 32.9 Å². The van der Waals surface area contributed by atoms with Crippen LogP contribution in [0.25, 0.3) is 0 Å². The van der Waals surface area contributed by atoms with E-state index in [0.29, 0.717) is 17.7 Å².